The fraction of sp³-hybridized carbons (Fsp3) is 0.698. The van der Waals surface area contributed by atoms with Gasteiger partial charge in [-0.2, -0.15) is 0 Å². The molecule has 1 aromatic carbocycles. The highest BCUT2D eigenvalue weighted by molar-refractivity contribution is 5.95. The summed E-state index contributed by atoms with van der Waals surface area (Å²) in [4.78, 5) is 14.0. The molecule has 1 aromatic rings. The molecule has 12 atom stereocenters. The SMILES string of the molecule is CC(C)(CCC1=CCNC(N)=C1)[C@@](C)(O)[C@H]1O[C@@H]1[C@](C)(O)[C@H]1CC[C@@]2(O)C3=CC(=O)[C@@H]4C[C@@H](O)CC[C@]4(C)[C@H]3[C@H](CCc3ccccc3)C[C@]12C. The van der Waals surface area contributed by atoms with Crippen LogP contribution in [-0.4, -0.2) is 67.9 Å². The van der Waals surface area contributed by atoms with E-state index >= 15 is 0 Å². The van der Waals surface area contributed by atoms with E-state index in [0.29, 0.717) is 44.5 Å². The predicted molar refractivity (Wildman–Crippen MR) is 198 cm³/mol. The summed E-state index contributed by atoms with van der Waals surface area (Å²) in [6.45, 7) is 12.9. The summed E-state index contributed by atoms with van der Waals surface area (Å²) >= 11 is 0. The maximum Gasteiger partial charge on any atom is 0.159 e. The molecule has 8 heteroatoms. The first kappa shape index (κ1) is 36.9. The predicted octanol–water partition coefficient (Wildman–Crippen LogP) is 5.48. The minimum Gasteiger partial charge on any atom is -0.393 e. The summed E-state index contributed by atoms with van der Waals surface area (Å²) in [7, 11) is 0. The van der Waals surface area contributed by atoms with Gasteiger partial charge in [0, 0.05) is 17.9 Å². The van der Waals surface area contributed by atoms with Gasteiger partial charge in [0.2, 0.25) is 0 Å². The van der Waals surface area contributed by atoms with Crippen molar-refractivity contribution in [2.75, 3.05) is 6.54 Å². The Labute approximate surface area is 304 Å². The maximum absolute atomic E-state index is 14.0. The van der Waals surface area contributed by atoms with Crippen molar-refractivity contribution >= 4 is 5.78 Å². The van der Waals surface area contributed by atoms with Crippen molar-refractivity contribution in [3.63, 3.8) is 0 Å². The molecular weight excluding hydrogens is 640 g/mol. The molecule has 3 saturated carbocycles. The largest absolute Gasteiger partial charge is 0.393 e. The highest BCUT2D eigenvalue weighted by Gasteiger charge is 2.73. The molecule has 8 nitrogen and oxygen atoms in total. The third kappa shape index (κ3) is 5.87. The fourth-order valence-corrected chi connectivity index (χ4v) is 11.9. The lowest BCUT2D eigenvalue weighted by Crippen LogP contribution is -2.64. The number of aliphatic hydroxyl groups is 4. The third-order valence-corrected chi connectivity index (χ3v) is 15.5. The van der Waals surface area contributed by atoms with Gasteiger partial charge in [-0.25, -0.2) is 0 Å². The number of ketones is 1. The molecular formula is C43H62N2O6. The quantitative estimate of drug-likeness (QED) is 0.176. The van der Waals surface area contributed by atoms with Crippen LogP contribution in [0, 0.1) is 39.9 Å². The summed E-state index contributed by atoms with van der Waals surface area (Å²) in [5, 5.41) is 51.6. The van der Waals surface area contributed by atoms with Crippen LogP contribution in [0.2, 0.25) is 0 Å². The number of allylic oxidation sites excluding steroid dienone is 3. The molecule has 0 amide bonds. The average Bonchev–Trinajstić information content (AvgIpc) is 3.85. The van der Waals surface area contributed by atoms with Gasteiger partial charge in [0.25, 0.3) is 0 Å². The molecule has 0 unspecified atom stereocenters. The molecule has 0 radical (unpaired) electrons. The third-order valence-electron chi connectivity index (χ3n) is 15.5. The van der Waals surface area contributed by atoms with Crippen LogP contribution in [0.3, 0.4) is 0 Å². The normalized spacial score (nSPS) is 41.4. The Morgan fingerprint density at radius 1 is 1.00 bits per heavy atom. The lowest BCUT2D eigenvalue weighted by atomic mass is 9.43. The van der Waals surface area contributed by atoms with Crippen LogP contribution in [0.15, 0.2) is 65.5 Å². The molecule has 0 aromatic heterocycles. The van der Waals surface area contributed by atoms with Crippen molar-refractivity contribution < 1.29 is 30.0 Å². The van der Waals surface area contributed by atoms with E-state index in [-0.39, 0.29) is 34.9 Å². The highest BCUT2D eigenvalue weighted by Crippen LogP contribution is 2.71. The Morgan fingerprint density at radius 3 is 2.43 bits per heavy atom. The van der Waals surface area contributed by atoms with Crippen molar-refractivity contribution in [3.05, 3.63) is 71.1 Å². The van der Waals surface area contributed by atoms with Crippen molar-refractivity contribution in [1.82, 2.24) is 5.32 Å². The zero-order valence-electron chi connectivity index (χ0n) is 31.6. The molecule has 6 aliphatic rings. The lowest BCUT2D eigenvalue weighted by molar-refractivity contribution is -0.165. The van der Waals surface area contributed by atoms with Crippen LogP contribution in [0.4, 0.5) is 0 Å². The number of nitrogens with one attached hydrogen (secondary N) is 1. The number of benzene rings is 1. The summed E-state index contributed by atoms with van der Waals surface area (Å²) in [6.07, 6.45) is 11.2. The summed E-state index contributed by atoms with van der Waals surface area (Å²) < 4.78 is 6.33. The first-order valence-electron chi connectivity index (χ1n) is 19.6. The number of fused-ring (bicyclic) bond motifs is 5. The number of epoxide rings is 1. The second-order valence-corrected chi connectivity index (χ2v) is 18.8. The Bertz CT molecular complexity index is 1610. The Kier molecular flexibility index (Phi) is 9.06. The van der Waals surface area contributed by atoms with Crippen LogP contribution in [0.25, 0.3) is 0 Å². The molecule has 4 aliphatic carbocycles. The van der Waals surface area contributed by atoms with Gasteiger partial charge in [-0.3, -0.25) is 4.79 Å². The Balaban J connectivity index is 1.17. The van der Waals surface area contributed by atoms with E-state index in [0.717, 1.165) is 43.3 Å². The standard InChI is InChI=1S/C43H62N2O6/c1-38(2,18-14-27-17-21-45-34(44)22-27)42(6,49)37-36(51-37)41(5,48)33-16-20-43(50)31-24-32(47)30-23-29(46)15-19-39(30,3)35(31)28(25-40(33,43)4)13-12-26-10-8-7-9-11-26/h7-11,17,22,24,28-30,33,35-37,45-46,48-50H,12-16,18-21,23,25,44H2,1-6H3/t28-,29+,30+,33+,35+,36+,37+,39+,40-,41-,42+,43-/m1/s1. The van der Waals surface area contributed by atoms with E-state index in [1.807, 2.05) is 26.0 Å². The first-order valence-corrected chi connectivity index (χ1v) is 19.6. The van der Waals surface area contributed by atoms with Crippen LogP contribution < -0.4 is 11.1 Å². The van der Waals surface area contributed by atoms with Gasteiger partial charge in [0.15, 0.2) is 5.78 Å². The van der Waals surface area contributed by atoms with E-state index < -0.39 is 45.9 Å². The summed E-state index contributed by atoms with van der Waals surface area (Å²) in [6, 6.07) is 10.5. The average molecular weight is 703 g/mol. The Morgan fingerprint density at radius 2 is 1.73 bits per heavy atom. The van der Waals surface area contributed by atoms with Gasteiger partial charge in [-0.1, -0.05) is 64.1 Å². The van der Waals surface area contributed by atoms with Crippen molar-refractivity contribution in [3.8, 4) is 0 Å². The number of nitrogens with two attached hydrogens (primary N) is 1. The van der Waals surface area contributed by atoms with E-state index in [2.05, 4.69) is 63.4 Å². The lowest BCUT2D eigenvalue weighted by Gasteiger charge is -2.63. The number of ether oxygens (including phenoxy) is 1. The first-order chi connectivity index (χ1) is 23.8. The van der Waals surface area contributed by atoms with Crippen molar-refractivity contribution in [2.24, 2.45) is 45.7 Å². The minimum absolute atomic E-state index is 0.0184. The zero-order valence-corrected chi connectivity index (χ0v) is 31.6. The van der Waals surface area contributed by atoms with Gasteiger partial charge >= 0.3 is 0 Å². The van der Waals surface area contributed by atoms with Gasteiger partial charge in [-0.05, 0) is 136 Å². The van der Waals surface area contributed by atoms with Gasteiger partial charge < -0.3 is 36.2 Å². The van der Waals surface area contributed by atoms with E-state index in [9.17, 15) is 25.2 Å². The monoisotopic (exact) mass is 702 g/mol. The summed E-state index contributed by atoms with van der Waals surface area (Å²) in [5.41, 5.74) is 3.89. The number of aliphatic hydroxyl groups excluding tert-OH is 1. The van der Waals surface area contributed by atoms with Crippen molar-refractivity contribution in [2.45, 2.75) is 141 Å². The molecule has 0 spiro atoms. The van der Waals surface area contributed by atoms with E-state index in [4.69, 9.17) is 10.5 Å². The number of carbonyl (C=O) groups is 1. The van der Waals surface area contributed by atoms with Crippen LogP contribution in [-0.2, 0) is 16.0 Å². The molecule has 2 heterocycles. The van der Waals surface area contributed by atoms with E-state index in [1.165, 1.54) is 5.56 Å². The number of carbonyl (C=O) groups excluding carboxylic acids is 1. The Hall–Kier alpha value is -2.49. The van der Waals surface area contributed by atoms with Crippen molar-refractivity contribution in [1.29, 1.82) is 0 Å². The smallest absolute Gasteiger partial charge is 0.159 e. The van der Waals surface area contributed by atoms with Gasteiger partial charge in [0.05, 0.1) is 28.7 Å². The molecule has 0 bridgehead atoms. The maximum atomic E-state index is 14.0. The topological polar surface area (TPSA) is 149 Å². The van der Waals surface area contributed by atoms with Crippen LogP contribution in [0.1, 0.15) is 105 Å². The number of dihydropyridines is 1. The highest BCUT2D eigenvalue weighted by atomic mass is 16.6. The molecule has 51 heavy (non-hydrogen) atoms. The molecule has 1 saturated heterocycles. The molecule has 280 valence electrons. The second-order valence-electron chi connectivity index (χ2n) is 18.8. The molecule has 2 aliphatic heterocycles. The number of hydrogen-bond donors (Lipinski definition) is 6. The minimum atomic E-state index is -1.32. The zero-order chi connectivity index (χ0) is 36.8. The molecule has 7 N–H and O–H groups in total. The summed E-state index contributed by atoms with van der Waals surface area (Å²) in [5.74, 6) is 0.309. The second kappa shape index (κ2) is 12.5. The fourth-order valence-electron chi connectivity index (χ4n) is 11.9. The number of aryl methyl sites for hydroxylation is 1. The van der Waals surface area contributed by atoms with Crippen LogP contribution in [0.5, 0.6) is 0 Å². The molecule has 7 rings (SSSR count). The number of hydrogen-bond acceptors (Lipinski definition) is 8. The van der Waals surface area contributed by atoms with Gasteiger partial charge in [0.1, 0.15) is 12.2 Å². The number of rotatable bonds is 10. The van der Waals surface area contributed by atoms with Gasteiger partial charge in [-0.15, -0.1) is 0 Å². The van der Waals surface area contributed by atoms with E-state index in [1.54, 1.807) is 6.08 Å². The molecule has 4 fully saturated rings. The van der Waals surface area contributed by atoms with Crippen LogP contribution >= 0.6 is 0 Å².